The Bertz CT molecular complexity index is 782. The minimum absolute atomic E-state index is 0.128. The Morgan fingerprint density at radius 2 is 1.72 bits per heavy atom. The van der Waals surface area contributed by atoms with Gasteiger partial charge in [-0.05, 0) is 43.9 Å². The van der Waals surface area contributed by atoms with Crippen molar-refractivity contribution in [3.05, 3.63) is 29.8 Å². The highest BCUT2D eigenvalue weighted by Gasteiger charge is 2.23. The van der Waals surface area contributed by atoms with Gasteiger partial charge in [-0.25, -0.2) is 8.42 Å². The van der Waals surface area contributed by atoms with E-state index in [-0.39, 0.29) is 23.3 Å². The Labute approximate surface area is 173 Å². The zero-order chi connectivity index (χ0) is 21.4. The number of carbonyl (C=O) groups is 2. The molecule has 2 rings (SSSR count). The number of carbonyl (C=O) groups excluding carboxylic acids is 2. The van der Waals surface area contributed by atoms with Gasteiger partial charge in [0.15, 0.2) is 6.10 Å². The van der Waals surface area contributed by atoms with Gasteiger partial charge >= 0.3 is 5.97 Å². The lowest BCUT2D eigenvalue weighted by Crippen LogP contribution is -2.40. The summed E-state index contributed by atoms with van der Waals surface area (Å²) in [5.41, 5.74) is 0.837. The fraction of sp³-hybridized carbons (Fsp3) is 0.619. The molecule has 1 aromatic rings. The molecule has 1 aliphatic carbocycles. The molecule has 0 saturated heterocycles. The van der Waals surface area contributed by atoms with Crippen LogP contribution in [0.25, 0.3) is 0 Å². The van der Waals surface area contributed by atoms with Crippen molar-refractivity contribution in [2.24, 2.45) is 0 Å². The lowest BCUT2D eigenvalue weighted by molar-refractivity contribution is -0.155. The third kappa shape index (κ3) is 6.54. The smallest absolute Gasteiger partial charge is 0.306 e. The van der Waals surface area contributed by atoms with Crippen LogP contribution in [0, 0.1) is 0 Å². The van der Waals surface area contributed by atoms with Crippen LogP contribution in [0.15, 0.2) is 29.2 Å². The molecule has 1 amide bonds. The molecule has 1 aromatic carbocycles. The number of hydrogen-bond donors (Lipinski definition) is 1. The van der Waals surface area contributed by atoms with Crippen molar-refractivity contribution in [3.8, 4) is 0 Å². The lowest BCUT2D eigenvalue weighted by atomic mass is 10.1. The van der Waals surface area contributed by atoms with Gasteiger partial charge in [-0.2, -0.15) is 4.31 Å². The van der Waals surface area contributed by atoms with Gasteiger partial charge in [-0.3, -0.25) is 9.59 Å². The first-order valence-corrected chi connectivity index (χ1v) is 11.8. The number of amides is 1. The normalized spacial score (nSPS) is 16.0. The van der Waals surface area contributed by atoms with Crippen molar-refractivity contribution in [1.29, 1.82) is 0 Å². The third-order valence-corrected chi connectivity index (χ3v) is 7.33. The number of hydrogen-bond acceptors (Lipinski definition) is 5. The first-order valence-electron chi connectivity index (χ1n) is 10.4. The Kier molecular flexibility index (Phi) is 8.64. The number of ether oxygens (including phenoxy) is 1. The Morgan fingerprint density at radius 3 is 2.28 bits per heavy atom. The highest BCUT2D eigenvalue weighted by Crippen LogP contribution is 2.18. The minimum atomic E-state index is -3.49. The van der Waals surface area contributed by atoms with Gasteiger partial charge in [0.25, 0.3) is 5.91 Å². The maximum Gasteiger partial charge on any atom is 0.306 e. The van der Waals surface area contributed by atoms with Crippen LogP contribution in [0.2, 0.25) is 0 Å². The van der Waals surface area contributed by atoms with Gasteiger partial charge in [0.2, 0.25) is 10.0 Å². The average Bonchev–Trinajstić information content (AvgIpc) is 3.20. The maximum absolute atomic E-state index is 12.5. The molecule has 162 valence electrons. The molecule has 7 nitrogen and oxygen atoms in total. The highest BCUT2D eigenvalue weighted by atomic mass is 32.2. The number of rotatable bonds is 10. The van der Waals surface area contributed by atoms with Gasteiger partial charge < -0.3 is 10.1 Å². The quantitative estimate of drug-likeness (QED) is 0.583. The first kappa shape index (κ1) is 23.3. The number of benzene rings is 1. The topological polar surface area (TPSA) is 92.8 Å². The molecule has 1 atom stereocenters. The van der Waals surface area contributed by atoms with E-state index < -0.39 is 22.1 Å². The van der Waals surface area contributed by atoms with E-state index in [9.17, 15) is 18.0 Å². The van der Waals surface area contributed by atoms with Gasteiger partial charge in [0, 0.05) is 25.6 Å². The predicted molar refractivity (Wildman–Crippen MR) is 111 cm³/mol. The van der Waals surface area contributed by atoms with Gasteiger partial charge in [-0.1, -0.05) is 38.8 Å². The van der Waals surface area contributed by atoms with Crippen LogP contribution >= 0.6 is 0 Å². The van der Waals surface area contributed by atoms with Gasteiger partial charge in [-0.15, -0.1) is 0 Å². The van der Waals surface area contributed by atoms with Crippen LogP contribution in [0.5, 0.6) is 0 Å². The number of nitrogens with zero attached hydrogens (tertiary/aromatic N) is 1. The van der Waals surface area contributed by atoms with Crippen LogP contribution in [-0.2, 0) is 30.8 Å². The van der Waals surface area contributed by atoms with Crippen molar-refractivity contribution < 1.29 is 22.7 Å². The van der Waals surface area contributed by atoms with Crippen molar-refractivity contribution in [1.82, 2.24) is 9.62 Å². The van der Waals surface area contributed by atoms with E-state index >= 15 is 0 Å². The van der Waals surface area contributed by atoms with Gasteiger partial charge in [0.05, 0.1) is 4.90 Å². The van der Waals surface area contributed by atoms with Gasteiger partial charge in [0.1, 0.15) is 0 Å². The fourth-order valence-electron chi connectivity index (χ4n) is 3.49. The molecule has 1 saturated carbocycles. The number of esters is 1. The Balaban J connectivity index is 1.83. The summed E-state index contributed by atoms with van der Waals surface area (Å²) < 4.78 is 31.6. The van der Waals surface area contributed by atoms with Crippen molar-refractivity contribution in [2.75, 3.05) is 13.1 Å². The van der Waals surface area contributed by atoms with E-state index in [0.29, 0.717) is 19.5 Å². The summed E-state index contributed by atoms with van der Waals surface area (Å²) in [5, 5.41) is 2.92. The zero-order valence-electron chi connectivity index (χ0n) is 17.5. The Hall–Kier alpha value is -1.93. The summed E-state index contributed by atoms with van der Waals surface area (Å²) in [4.78, 5) is 24.4. The largest absolute Gasteiger partial charge is 0.453 e. The second-order valence-corrected chi connectivity index (χ2v) is 9.29. The molecule has 0 radical (unpaired) electrons. The minimum Gasteiger partial charge on any atom is -0.453 e. The number of aryl methyl sites for hydroxylation is 1. The van der Waals surface area contributed by atoms with E-state index in [1.165, 1.54) is 4.31 Å². The summed E-state index contributed by atoms with van der Waals surface area (Å²) in [5.74, 6) is -0.699. The van der Waals surface area contributed by atoms with E-state index in [1.807, 2.05) is 0 Å². The second-order valence-electron chi connectivity index (χ2n) is 7.36. The summed E-state index contributed by atoms with van der Waals surface area (Å²) in [6.45, 7) is 6.01. The molecule has 1 fully saturated rings. The molecule has 1 N–H and O–H groups in total. The SMILES string of the molecule is CCN(CC)S(=O)(=O)c1ccc(CCC(=O)OC(C)C(=O)NC2CCCC2)cc1. The summed E-state index contributed by atoms with van der Waals surface area (Å²) >= 11 is 0. The average molecular weight is 425 g/mol. The number of sulfonamides is 1. The molecule has 0 heterocycles. The molecule has 0 spiro atoms. The van der Waals surface area contributed by atoms with E-state index in [1.54, 1.807) is 45.0 Å². The summed E-state index contributed by atoms with van der Waals surface area (Å²) in [6.07, 6.45) is 3.93. The molecule has 1 unspecified atom stereocenters. The van der Waals surface area contributed by atoms with Crippen molar-refractivity contribution in [2.45, 2.75) is 76.3 Å². The van der Waals surface area contributed by atoms with E-state index in [0.717, 1.165) is 31.2 Å². The predicted octanol–water partition coefficient (Wildman–Crippen LogP) is 2.64. The third-order valence-electron chi connectivity index (χ3n) is 5.26. The second kappa shape index (κ2) is 10.7. The van der Waals surface area contributed by atoms with Crippen LogP contribution in [0.4, 0.5) is 0 Å². The maximum atomic E-state index is 12.5. The lowest BCUT2D eigenvalue weighted by Gasteiger charge is -2.18. The summed E-state index contributed by atoms with van der Waals surface area (Å²) in [6, 6.07) is 6.73. The van der Waals surface area contributed by atoms with E-state index in [4.69, 9.17) is 4.74 Å². The van der Waals surface area contributed by atoms with Crippen LogP contribution < -0.4 is 5.32 Å². The molecule has 0 bridgehead atoms. The van der Waals surface area contributed by atoms with Crippen LogP contribution in [-0.4, -0.2) is 49.8 Å². The van der Waals surface area contributed by atoms with Crippen molar-refractivity contribution in [3.63, 3.8) is 0 Å². The molecule has 0 aromatic heterocycles. The van der Waals surface area contributed by atoms with Crippen LogP contribution in [0.1, 0.15) is 58.4 Å². The molecule has 29 heavy (non-hydrogen) atoms. The standard InChI is InChI=1S/C21H32N2O5S/c1-4-23(5-2)29(26,27)19-13-10-17(11-14-19)12-15-20(24)28-16(3)21(25)22-18-8-6-7-9-18/h10-11,13-14,16,18H,4-9,12,15H2,1-3H3,(H,22,25). The summed E-state index contributed by atoms with van der Waals surface area (Å²) in [7, 11) is -3.49. The fourth-order valence-corrected chi connectivity index (χ4v) is 4.94. The Morgan fingerprint density at radius 1 is 1.14 bits per heavy atom. The molecule has 1 aliphatic rings. The molecule has 8 heteroatoms. The molecular weight excluding hydrogens is 392 g/mol. The van der Waals surface area contributed by atoms with E-state index in [2.05, 4.69) is 5.32 Å². The van der Waals surface area contributed by atoms with Crippen LogP contribution in [0.3, 0.4) is 0 Å². The first-order chi connectivity index (χ1) is 13.8. The highest BCUT2D eigenvalue weighted by molar-refractivity contribution is 7.89. The monoisotopic (exact) mass is 424 g/mol. The molecule has 0 aliphatic heterocycles. The van der Waals surface area contributed by atoms with Crippen molar-refractivity contribution >= 4 is 21.9 Å². The zero-order valence-corrected chi connectivity index (χ0v) is 18.3. The molecular formula is C21H32N2O5S. The number of nitrogens with one attached hydrogen (secondary N) is 1.